The van der Waals surface area contributed by atoms with Gasteiger partial charge < -0.3 is 0 Å². The summed E-state index contributed by atoms with van der Waals surface area (Å²) in [4.78, 5) is 0. The van der Waals surface area contributed by atoms with Crippen molar-refractivity contribution in [1.29, 1.82) is 0 Å². The standard InChI is InChI=1S/C13H25B/c1-3-9-14(10-4-2)13-11-7-5-6-8-12(11)13/h11-13H,3-10H2,1-2H3. The molecule has 0 aliphatic heterocycles. The molecule has 2 aliphatic rings. The largest absolute Gasteiger partial charge is 0.143 e. The first-order valence-corrected chi connectivity index (χ1v) is 6.88. The lowest BCUT2D eigenvalue weighted by Crippen LogP contribution is -2.13. The Kier molecular flexibility index (Phi) is 3.57. The predicted molar refractivity (Wildman–Crippen MR) is 65.1 cm³/mol. The van der Waals surface area contributed by atoms with Gasteiger partial charge >= 0.3 is 0 Å². The van der Waals surface area contributed by atoms with Gasteiger partial charge in [0.2, 0.25) is 0 Å². The van der Waals surface area contributed by atoms with E-state index in [2.05, 4.69) is 13.8 Å². The average molecular weight is 192 g/mol. The van der Waals surface area contributed by atoms with Crippen LogP contribution in [0.4, 0.5) is 0 Å². The summed E-state index contributed by atoms with van der Waals surface area (Å²) >= 11 is 0. The second-order valence-electron chi connectivity index (χ2n) is 5.53. The highest BCUT2D eigenvalue weighted by Crippen LogP contribution is 2.62. The van der Waals surface area contributed by atoms with Gasteiger partial charge in [-0.3, -0.25) is 0 Å². The van der Waals surface area contributed by atoms with Crippen molar-refractivity contribution in [3.8, 4) is 0 Å². The van der Waals surface area contributed by atoms with E-state index >= 15 is 0 Å². The fourth-order valence-electron chi connectivity index (χ4n) is 4.02. The van der Waals surface area contributed by atoms with Gasteiger partial charge in [0.25, 0.3) is 0 Å². The minimum Gasteiger partial charge on any atom is -0.0742 e. The Morgan fingerprint density at radius 2 is 1.43 bits per heavy atom. The third-order valence-electron chi connectivity index (χ3n) is 4.59. The predicted octanol–water partition coefficient (Wildman–Crippen LogP) is 4.49. The van der Waals surface area contributed by atoms with Gasteiger partial charge in [0.05, 0.1) is 0 Å². The molecule has 14 heavy (non-hydrogen) atoms. The Hall–Kier alpha value is 0.0649. The van der Waals surface area contributed by atoms with Crippen LogP contribution in [0.2, 0.25) is 18.5 Å². The Labute approximate surface area is 89.9 Å². The van der Waals surface area contributed by atoms with Crippen LogP contribution in [0.3, 0.4) is 0 Å². The third kappa shape index (κ3) is 2.02. The summed E-state index contributed by atoms with van der Waals surface area (Å²) in [5.41, 5.74) is 0. The van der Waals surface area contributed by atoms with Crippen molar-refractivity contribution in [2.24, 2.45) is 11.8 Å². The molecule has 0 aromatic rings. The molecule has 0 N–H and O–H groups in total. The van der Waals surface area contributed by atoms with E-state index in [-0.39, 0.29) is 0 Å². The van der Waals surface area contributed by atoms with Crippen LogP contribution in [-0.2, 0) is 0 Å². The Bertz CT molecular complexity index is 160. The minimum atomic E-state index is 1.10. The molecular formula is C13H25B. The molecule has 2 fully saturated rings. The maximum atomic E-state index is 2.36. The van der Waals surface area contributed by atoms with Crippen LogP contribution in [0.5, 0.6) is 0 Å². The van der Waals surface area contributed by atoms with Gasteiger partial charge in [0.15, 0.2) is 0 Å². The highest BCUT2D eigenvalue weighted by atomic mass is 14.5. The molecule has 0 amide bonds. The fourth-order valence-corrected chi connectivity index (χ4v) is 4.02. The minimum absolute atomic E-state index is 1.10. The average Bonchev–Trinajstić information content (AvgIpc) is 2.91. The van der Waals surface area contributed by atoms with Gasteiger partial charge in [0.1, 0.15) is 6.71 Å². The Balaban J connectivity index is 1.86. The zero-order valence-corrected chi connectivity index (χ0v) is 9.97. The van der Waals surface area contributed by atoms with Gasteiger partial charge in [0, 0.05) is 0 Å². The second-order valence-corrected chi connectivity index (χ2v) is 5.53. The molecule has 2 unspecified atom stereocenters. The van der Waals surface area contributed by atoms with Crippen molar-refractivity contribution in [1.82, 2.24) is 0 Å². The molecule has 0 spiro atoms. The van der Waals surface area contributed by atoms with Crippen molar-refractivity contribution in [3.05, 3.63) is 0 Å². The van der Waals surface area contributed by atoms with Crippen LogP contribution in [0.25, 0.3) is 0 Å². The van der Waals surface area contributed by atoms with Gasteiger partial charge in [-0.15, -0.1) is 0 Å². The molecule has 1 heteroatoms. The number of hydrogen-bond acceptors (Lipinski definition) is 0. The van der Waals surface area contributed by atoms with E-state index in [9.17, 15) is 0 Å². The van der Waals surface area contributed by atoms with Crippen molar-refractivity contribution in [2.75, 3.05) is 0 Å². The summed E-state index contributed by atoms with van der Waals surface area (Å²) in [6, 6.07) is 0. The molecule has 0 aromatic carbocycles. The van der Waals surface area contributed by atoms with Gasteiger partial charge in [-0.1, -0.05) is 70.8 Å². The number of hydrogen-bond donors (Lipinski definition) is 0. The lowest BCUT2D eigenvalue weighted by atomic mass is 9.39. The first kappa shape index (κ1) is 10.6. The zero-order chi connectivity index (χ0) is 9.97. The lowest BCUT2D eigenvalue weighted by molar-refractivity contribution is 0.480. The van der Waals surface area contributed by atoms with Crippen LogP contribution in [0.1, 0.15) is 52.4 Å². The van der Waals surface area contributed by atoms with E-state index in [1.807, 2.05) is 0 Å². The fraction of sp³-hybridized carbons (Fsp3) is 1.00. The molecule has 0 bridgehead atoms. The molecule has 2 saturated carbocycles. The molecule has 0 saturated heterocycles. The Morgan fingerprint density at radius 1 is 0.929 bits per heavy atom. The zero-order valence-electron chi connectivity index (χ0n) is 9.97. The van der Waals surface area contributed by atoms with Crippen LogP contribution < -0.4 is 0 Å². The van der Waals surface area contributed by atoms with E-state index in [1.165, 1.54) is 50.2 Å². The van der Waals surface area contributed by atoms with Crippen molar-refractivity contribution < 1.29 is 0 Å². The first-order chi connectivity index (χ1) is 6.88. The van der Waals surface area contributed by atoms with E-state index < -0.39 is 0 Å². The monoisotopic (exact) mass is 192 g/mol. The highest BCUT2D eigenvalue weighted by molar-refractivity contribution is 6.61. The SMILES string of the molecule is CCCB(CCC)C1C2CCCCC21. The van der Waals surface area contributed by atoms with Gasteiger partial charge in [-0.05, 0) is 11.8 Å². The van der Waals surface area contributed by atoms with Crippen LogP contribution in [0, 0.1) is 11.8 Å². The van der Waals surface area contributed by atoms with Gasteiger partial charge in [-0.25, -0.2) is 0 Å². The molecule has 0 heterocycles. The summed E-state index contributed by atoms with van der Waals surface area (Å²) in [7, 11) is 0. The molecular weight excluding hydrogens is 167 g/mol. The smallest absolute Gasteiger partial charge is 0.0742 e. The first-order valence-electron chi connectivity index (χ1n) is 6.88. The molecule has 2 aliphatic carbocycles. The third-order valence-corrected chi connectivity index (χ3v) is 4.59. The van der Waals surface area contributed by atoms with E-state index in [0.29, 0.717) is 0 Å². The van der Waals surface area contributed by atoms with Crippen LogP contribution in [-0.4, -0.2) is 6.71 Å². The summed E-state index contributed by atoms with van der Waals surface area (Å²) in [5.74, 6) is 3.51. The maximum absolute atomic E-state index is 2.36. The second kappa shape index (κ2) is 4.72. The Morgan fingerprint density at radius 3 is 1.86 bits per heavy atom. The normalized spacial score (nSPS) is 35.1. The quantitative estimate of drug-likeness (QED) is 0.563. The molecule has 2 atom stereocenters. The summed E-state index contributed by atoms with van der Waals surface area (Å²) in [6.07, 6.45) is 12.0. The summed E-state index contributed by atoms with van der Waals surface area (Å²) in [6.45, 7) is 5.81. The summed E-state index contributed by atoms with van der Waals surface area (Å²) in [5, 5.41) is 0. The highest BCUT2D eigenvalue weighted by Gasteiger charge is 2.53. The lowest BCUT2D eigenvalue weighted by Gasteiger charge is -2.10. The molecule has 0 aromatic heterocycles. The molecule has 0 nitrogen and oxygen atoms in total. The molecule has 80 valence electrons. The number of fused-ring (bicyclic) bond motifs is 1. The van der Waals surface area contributed by atoms with Crippen LogP contribution in [0.15, 0.2) is 0 Å². The van der Waals surface area contributed by atoms with E-state index in [4.69, 9.17) is 0 Å². The van der Waals surface area contributed by atoms with Crippen molar-refractivity contribution in [2.45, 2.75) is 70.8 Å². The van der Waals surface area contributed by atoms with E-state index in [1.54, 1.807) is 12.8 Å². The van der Waals surface area contributed by atoms with Gasteiger partial charge in [-0.2, -0.15) is 0 Å². The van der Waals surface area contributed by atoms with Crippen molar-refractivity contribution >= 4 is 6.71 Å². The summed E-state index contributed by atoms with van der Waals surface area (Å²) < 4.78 is 0. The molecule has 2 rings (SSSR count). The maximum Gasteiger partial charge on any atom is 0.143 e. The van der Waals surface area contributed by atoms with E-state index in [0.717, 1.165) is 12.5 Å². The van der Waals surface area contributed by atoms with Crippen molar-refractivity contribution in [3.63, 3.8) is 0 Å². The topological polar surface area (TPSA) is 0 Å². The molecule has 0 radical (unpaired) electrons. The number of rotatable bonds is 5. The van der Waals surface area contributed by atoms with Crippen LogP contribution >= 0.6 is 0 Å².